The van der Waals surface area contributed by atoms with Crippen LogP contribution in [0.4, 0.5) is 0 Å². The van der Waals surface area contributed by atoms with Gasteiger partial charge in [-0.2, -0.15) is 0 Å². The van der Waals surface area contributed by atoms with E-state index < -0.39 is 90.2 Å². The average Bonchev–Trinajstić information content (AvgIpc) is 2.69. The molecule has 0 aromatic rings. The summed E-state index contributed by atoms with van der Waals surface area (Å²) in [6, 6.07) is 0. The molecule has 0 aromatic carbocycles. The van der Waals surface area contributed by atoms with Crippen LogP contribution in [0.25, 0.3) is 0 Å². The molecular weight excluding hydrogens is 659 g/mol. The molecule has 21 heteroatoms. The zero-order valence-electron chi connectivity index (χ0n) is 27.6. The van der Waals surface area contributed by atoms with E-state index >= 15 is 0 Å². The van der Waals surface area contributed by atoms with Gasteiger partial charge in [0.15, 0.2) is 0 Å². The Labute approximate surface area is 255 Å². The van der Waals surface area contributed by atoms with Crippen molar-refractivity contribution >= 4 is 90.2 Å². The van der Waals surface area contributed by atoms with Crippen molar-refractivity contribution < 1.29 is 46.8 Å². The van der Waals surface area contributed by atoms with Crippen LogP contribution in [0.15, 0.2) is 0 Å². The van der Waals surface area contributed by atoms with Crippen molar-refractivity contribution in [2.45, 2.75) is 91.7 Å². The maximum absolute atomic E-state index is 6.63. The largest absolute Gasteiger partial charge is 0.876 e. The van der Waals surface area contributed by atoms with Crippen LogP contribution < -0.4 is 0 Å². The second-order valence-corrected chi connectivity index (χ2v) is 41.8. The molecule has 0 aromatic heterocycles. The van der Waals surface area contributed by atoms with Gasteiger partial charge >= 0.3 is 73.1 Å². The second kappa shape index (κ2) is 15.9. The van der Waals surface area contributed by atoms with Crippen molar-refractivity contribution in [1.82, 2.24) is 0 Å². The highest BCUT2D eigenvalue weighted by molar-refractivity contribution is 6.88. The van der Waals surface area contributed by atoms with Gasteiger partial charge in [-0.3, -0.25) is 0 Å². The minimum atomic E-state index is -2.78. The smallest absolute Gasteiger partial charge is 0.480 e. The lowest BCUT2D eigenvalue weighted by atomic mass is 11.8. The molecule has 0 atom stereocenters. The van der Waals surface area contributed by atoms with E-state index in [1.165, 1.54) is 0 Å². The average molecular weight is 713 g/mol. The van der Waals surface area contributed by atoms with Gasteiger partial charge in [0, 0.05) is 28.4 Å². The monoisotopic (exact) mass is 712 g/mol. The van der Waals surface area contributed by atoms with Crippen molar-refractivity contribution in [3.63, 3.8) is 0 Å². The fourth-order valence-electron chi connectivity index (χ4n) is 2.98. The molecule has 12 nitrogen and oxygen atoms in total. The van der Waals surface area contributed by atoms with Gasteiger partial charge in [-0.1, -0.05) is 0 Å². The van der Waals surface area contributed by atoms with E-state index in [0.717, 1.165) is 0 Å². The summed E-state index contributed by atoms with van der Waals surface area (Å²) >= 11 is -5.32. The van der Waals surface area contributed by atoms with E-state index in [2.05, 4.69) is 0 Å². The normalized spacial score (nSPS) is 14.6. The zero-order chi connectivity index (χ0) is 31.1. The summed E-state index contributed by atoms with van der Waals surface area (Å²) in [6.07, 6.45) is 0. The van der Waals surface area contributed by atoms with Crippen molar-refractivity contribution in [3.05, 3.63) is 0 Å². The maximum Gasteiger partial charge on any atom is 0.876 e. The van der Waals surface area contributed by atoms with Crippen LogP contribution in [0, 0.1) is 0 Å². The summed E-state index contributed by atoms with van der Waals surface area (Å²) in [5.41, 5.74) is 0. The Balaban J connectivity index is 5.71. The SMILES string of the molecule is CO[Si](C)(C)[O][Al]([O][Si](C)(C)OC)[O][Si](C)(C)O[Si](C)(C)O[Si](C)(C)[O][Al]([O][Si](C)(C)OC)[O][Si](C)(C)OC. The van der Waals surface area contributed by atoms with Crippen LogP contribution >= 0.6 is 0 Å². The quantitative estimate of drug-likeness (QED) is 0.165. The van der Waals surface area contributed by atoms with Crippen LogP contribution in [-0.2, 0) is 46.8 Å². The zero-order valence-corrected chi connectivity index (χ0v) is 36.9. The summed E-state index contributed by atoms with van der Waals surface area (Å²) in [4.78, 5) is 0. The Morgan fingerprint density at radius 3 is 0.641 bits per heavy atom. The minimum Gasteiger partial charge on any atom is -0.480 e. The first-order chi connectivity index (χ1) is 17.2. The molecule has 0 spiro atoms. The Kier molecular flexibility index (Phi) is 16.8. The van der Waals surface area contributed by atoms with Crippen LogP contribution in [0.1, 0.15) is 0 Å². The third kappa shape index (κ3) is 18.5. The van der Waals surface area contributed by atoms with E-state index in [0.29, 0.717) is 0 Å². The standard InChI is InChI=1S/C6H18O4Si3.4C3H9O2Si.2Al/c1-11(2,7)9-13(5,6)10-12(3,4)8;4*1-5-6(2,3)4;;/h1-6H3;4*1-3H3;;/q-2;4*-1;2*+3. The minimum absolute atomic E-state index is 1.64. The summed E-state index contributed by atoms with van der Waals surface area (Å²) in [5.74, 6) is 0. The van der Waals surface area contributed by atoms with E-state index in [1.54, 1.807) is 28.4 Å². The lowest BCUT2D eigenvalue weighted by molar-refractivity contribution is 0.191. The molecule has 232 valence electrons. The van der Waals surface area contributed by atoms with Crippen molar-refractivity contribution in [3.8, 4) is 0 Å². The van der Waals surface area contributed by atoms with Gasteiger partial charge in [-0.05, 0) is 91.7 Å². The first kappa shape index (κ1) is 41.1. The Morgan fingerprint density at radius 1 is 0.282 bits per heavy atom. The summed E-state index contributed by atoms with van der Waals surface area (Å²) in [5, 5.41) is 0. The molecular formula is C18H54Al2O12Si7. The highest BCUT2D eigenvalue weighted by Crippen LogP contribution is 2.26. The third-order valence-corrected chi connectivity index (χ3v) is 35.3. The number of rotatable bonds is 20. The molecule has 0 aliphatic rings. The van der Waals surface area contributed by atoms with Gasteiger partial charge in [0.1, 0.15) is 0 Å². The van der Waals surface area contributed by atoms with E-state index in [4.69, 9.17) is 46.8 Å². The molecule has 0 bridgehead atoms. The predicted octanol–water partition coefficient (Wildman–Crippen LogP) is 4.59. The first-order valence-corrected chi connectivity index (χ1v) is 35.4. The van der Waals surface area contributed by atoms with Gasteiger partial charge in [-0.25, -0.2) is 0 Å². The van der Waals surface area contributed by atoms with Crippen molar-refractivity contribution in [1.29, 1.82) is 0 Å². The van der Waals surface area contributed by atoms with E-state index in [9.17, 15) is 0 Å². The fourth-order valence-corrected chi connectivity index (χ4v) is 30.7. The lowest BCUT2D eigenvalue weighted by Crippen LogP contribution is -2.60. The molecule has 0 unspecified atom stereocenters. The molecule has 0 saturated heterocycles. The Bertz CT molecular complexity index is 653. The fraction of sp³-hybridized carbons (Fsp3) is 1.00. The van der Waals surface area contributed by atoms with Gasteiger partial charge in [0.05, 0.1) is 0 Å². The number of hydrogen-bond donors (Lipinski definition) is 0. The third-order valence-electron chi connectivity index (χ3n) is 5.23. The van der Waals surface area contributed by atoms with Crippen LogP contribution in [0.3, 0.4) is 0 Å². The second-order valence-electron chi connectivity index (χ2n) is 12.1. The van der Waals surface area contributed by atoms with Crippen LogP contribution in [0.5, 0.6) is 0 Å². The molecule has 0 fully saturated rings. The Morgan fingerprint density at radius 2 is 0.462 bits per heavy atom. The van der Waals surface area contributed by atoms with Crippen LogP contribution in [-0.4, -0.2) is 119 Å². The van der Waals surface area contributed by atoms with Gasteiger partial charge in [0.2, 0.25) is 0 Å². The summed E-state index contributed by atoms with van der Waals surface area (Å²) in [7, 11) is -11.5. The van der Waals surface area contributed by atoms with Crippen molar-refractivity contribution in [2.75, 3.05) is 28.4 Å². The van der Waals surface area contributed by atoms with Crippen LogP contribution in [0.2, 0.25) is 91.7 Å². The molecule has 0 amide bonds. The molecule has 0 heterocycles. The molecule has 0 N–H and O–H groups in total. The van der Waals surface area contributed by atoms with Gasteiger partial charge < -0.3 is 46.8 Å². The molecule has 0 aliphatic heterocycles. The summed E-state index contributed by atoms with van der Waals surface area (Å²) < 4.78 is 73.8. The predicted molar refractivity (Wildman–Crippen MR) is 171 cm³/mol. The molecule has 39 heavy (non-hydrogen) atoms. The Hall–Kier alpha value is 2.10. The highest BCUT2D eigenvalue weighted by Gasteiger charge is 2.53. The van der Waals surface area contributed by atoms with Crippen molar-refractivity contribution in [2.24, 2.45) is 0 Å². The topological polar surface area (TPSA) is 111 Å². The van der Waals surface area contributed by atoms with Gasteiger partial charge in [-0.15, -0.1) is 0 Å². The summed E-state index contributed by atoms with van der Waals surface area (Å²) in [6.45, 7) is 27.5. The van der Waals surface area contributed by atoms with Gasteiger partial charge in [0.25, 0.3) is 17.1 Å². The van der Waals surface area contributed by atoms with E-state index in [1.807, 2.05) is 91.7 Å². The lowest BCUT2D eigenvalue weighted by Gasteiger charge is -2.40. The number of hydrogen-bond acceptors (Lipinski definition) is 12. The highest BCUT2D eigenvalue weighted by atomic mass is 28.5. The molecule has 0 saturated carbocycles. The molecule has 0 rings (SSSR count). The first-order valence-electron chi connectivity index (χ1n) is 12.9. The maximum atomic E-state index is 6.63. The van der Waals surface area contributed by atoms with E-state index in [-0.39, 0.29) is 0 Å². The molecule has 0 aliphatic carbocycles. The molecule has 0 radical (unpaired) electrons.